The second-order valence-corrected chi connectivity index (χ2v) is 2.55. The summed E-state index contributed by atoms with van der Waals surface area (Å²) in [5.74, 6) is 0. The van der Waals surface area contributed by atoms with Gasteiger partial charge in [0.2, 0.25) is 0 Å². The third-order valence-electron chi connectivity index (χ3n) is 1.02. The number of rotatable bonds is 6. The molecule has 0 N–H and O–H groups in total. The molecule has 0 aromatic carbocycles. The molecule has 0 aliphatic carbocycles. The van der Waals surface area contributed by atoms with Crippen molar-refractivity contribution in [3.05, 3.63) is 18.8 Å². The minimum absolute atomic E-state index is 0.161. The first kappa shape index (κ1) is 10.7. The average molecular weight is 157 g/mol. The molecular weight excluding hydrogens is 140 g/mol. The molecule has 0 amide bonds. The van der Waals surface area contributed by atoms with Crippen molar-refractivity contribution in [1.29, 1.82) is 0 Å². The molecule has 0 spiro atoms. The van der Waals surface area contributed by atoms with Crippen molar-refractivity contribution >= 4 is 0 Å². The van der Waals surface area contributed by atoms with Gasteiger partial charge in [0, 0.05) is 0 Å². The second-order valence-electron chi connectivity index (χ2n) is 2.55. The summed E-state index contributed by atoms with van der Waals surface area (Å²) in [6.07, 6.45) is 0.743. The molecule has 1 unspecified atom stereocenters. The van der Waals surface area contributed by atoms with Gasteiger partial charge in [0.1, 0.15) is 0 Å². The lowest BCUT2D eigenvalue weighted by atomic mass is 10.4. The van der Waals surface area contributed by atoms with Crippen LogP contribution in [0.15, 0.2) is 12.2 Å². The molecule has 2 heteroatoms. The molecule has 0 saturated carbocycles. The molecule has 65 valence electrons. The maximum Gasteiger partial charge on any atom is 0.155 e. The summed E-state index contributed by atoms with van der Waals surface area (Å²) in [5, 5.41) is 0. The minimum atomic E-state index is -0.161. The van der Waals surface area contributed by atoms with E-state index in [1.807, 2.05) is 20.8 Å². The molecule has 0 aromatic heterocycles. The van der Waals surface area contributed by atoms with Gasteiger partial charge in [-0.3, -0.25) is 0 Å². The van der Waals surface area contributed by atoms with Gasteiger partial charge in [-0.25, -0.2) is 0 Å². The normalized spacial score (nSPS) is 13.0. The second kappa shape index (κ2) is 6.38. The number of hydrogen-bond donors (Lipinski definition) is 0. The predicted molar refractivity (Wildman–Crippen MR) is 45.9 cm³/mol. The lowest BCUT2D eigenvalue weighted by Gasteiger charge is -2.12. The van der Waals surface area contributed by atoms with Gasteiger partial charge in [-0.1, -0.05) is 19.1 Å². The maximum absolute atomic E-state index is 5.25. The molecule has 1 radical (unpaired) electrons. The molecule has 0 fully saturated rings. The molecule has 0 rings (SSSR count). The van der Waals surface area contributed by atoms with Gasteiger partial charge in [0.25, 0.3) is 0 Å². The third-order valence-corrected chi connectivity index (χ3v) is 1.02. The van der Waals surface area contributed by atoms with Crippen molar-refractivity contribution in [2.24, 2.45) is 0 Å². The van der Waals surface area contributed by atoms with Crippen LogP contribution in [0.1, 0.15) is 27.2 Å². The van der Waals surface area contributed by atoms with Crippen LogP contribution in [0.3, 0.4) is 0 Å². The van der Waals surface area contributed by atoms with Crippen molar-refractivity contribution < 1.29 is 9.47 Å². The highest BCUT2D eigenvalue weighted by molar-refractivity contribution is 4.87. The lowest BCUT2D eigenvalue weighted by molar-refractivity contribution is -0.101. The van der Waals surface area contributed by atoms with Gasteiger partial charge in [0.05, 0.1) is 13.2 Å². The summed E-state index contributed by atoms with van der Waals surface area (Å²) in [6, 6.07) is 0. The molecule has 1 atom stereocenters. The van der Waals surface area contributed by atoms with Crippen LogP contribution in [-0.4, -0.2) is 12.9 Å². The predicted octanol–water partition coefficient (Wildman–Crippen LogP) is 2.51. The maximum atomic E-state index is 5.25. The Bertz CT molecular complexity index is 110. The Balaban J connectivity index is 3.22. The van der Waals surface area contributed by atoms with Gasteiger partial charge >= 0.3 is 0 Å². The fourth-order valence-corrected chi connectivity index (χ4v) is 0.531. The van der Waals surface area contributed by atoms with Crippen LogP contribution < -0.4 is 0 Å². The molecule has 0 bridgehead atoms. The molecular formula is C9H17O2. The lowest BCUT2D eigenvalue weighted by Crippen LogP contribution is -2.12. The van der Waals surface area contributed by atoms with E-state index >= 15 is 0 Å². The molecule has 2 nitrogen and oxygen atoms in total. The van der Waals surface area contributed by atoms with Gasteiger partial charge in [-0.05, 0) is 20.3 Å². The van der Waals surface area contributed by atoms with Crippen LogP contribution in [0.5, 0.6) is 0 Å². The van der Waals surface area contributed by atoms with Crippen LogP contribution in [-0.2, 0) is 9.47 Å². The third kappa shape index (κ3) is 7.56. The standard InChI is InChI=1S/C9H17O2/c1-5-6-10-9(4)11-7-8(2)3/h6,9H,2,5,7H2,1,3-4H3. The van der Waals surface area contributed by atoms with Gasteiger partial charge in [0.15, 0.2) is 6.29 Å². The first-order valence-corrected chi connectivity index (χ1v) is 3.90. The smallest absolute Gasteiger partial charge is 0.155 e. The van der Waals surface area contributed by atoms with E-state index in [4.69, 9.17) is 9.47 Å². The molecule has 0 aliphatic heterocycles. The average Bonchev–Trinajstić information content (AvgIpc) is 1.97. The van der Waals surface area contributed by atoms with E-state index in [9.17, 15) is 0 Å². The zero-order valence-corrected chi connectivity index (χ0v) is 7.59. The highest BCUT2D eigenvalue weighted by atomic mass is 16.7. The Kier molecular flexibility index (Phi) is 6.18. The molecule has 11 heavy (non-hydrogen) atoms. The topological polar surface area (TPSA) is 18.5 Å². The van der Waals surface area contributed by atoms with E-state index in [2.05, 4.69) is 6.58 Å². The van der Waals surface area contributed by atoms with Crippen LogP contribution in [0.2, 0.25) is 0 Å². The largest absolute Gasteiger partial charge is 0.349 e. The van der Waals surface area contributed by atoms with E-state index in [-0.39, 0.29) is 6.29 Å². The molecule has 0 aliphatic rings. The molecule has 0 saturated heterocycles. The molecule has 0 heterocycles. The van der Waals surface area contributed by atoms with Crippen molar-refractivity contribution in [3.63, 3.8) is 0 Å². The Labute approximate surface area is 69.2 Å². The summed E-state index contributed by atoms with van der Waals surface area (Å²) >= 11 is 0. The van der Waals surface area contributed by atoms with Gasteiger partial charge in [-0.15, -0.1) is 0 Å². The van der Waals surface area contributed by atoms with Crippen molar-refractivity contribution in [2.45, 2.75) is 33.5 Å². The van der Waals surface area contributed by atoms with E-state index in [0.717, 1.165) is 12.0 Å². The monoisotopic (exact) mass is 157 g/mol. The van der Waals surface area contributed by atoms with Crippen LogP contribution in [0.25, 0.3) is 0 Å². The fourth-order valence-electron chi connectivity index (χ4n) is 0.531. The van der Waals surface area contributed by atoms with Crippen LogP contribution >= 0.6 is 0 Å². The summed E-state index contributed by atoms with van der Waals surface area (Å²) < 4.78 is 10.4. The summed E-state index contributed by atoms with van der Waals surface area (Å²) in [6.45, 7) is 11.8. The Morgan fingerprint density at radius 2 is 2.27 bits per heavy atom. The Morgan fingerprint density at radius 3 is 2.73 bits per heavy atom. The zero-order valence-electron chi connectivity index (χ0n) is 7.59. The number of hydrogen-bond acceptors (Lipinski definition) is 2. The minimum Gasteiger partial charge on any atom is -0.349 e. The summed E-state index contributed by atoms with van der Waals surface area (Å²) in [7, 11) is 0. The molecule has 0 aromatic rings. The Hall–Kier alpha value is -0.340. The summed E-state index contributed by atoms with van der Waals surface area (Å²) in [5.41, 5.74) is 1.01. The fraction of sp³-hybridized carbons (Fsp3) is 0.667. The van der Waals surface area contributed by atoms with E-state index < -0.39 is 0 Å². The van der Waals surface area contributed by atoms with Crippen molar-refractivity contribution in [3.8, 4) is 0 Å². The highest BCUT2D eigenvalue weighted by Crippen LogP contribution is 2.00. The van der Waals surface area contributed by atoms with Crippen molar-refractivity contribution in [1.82, 2.24) is 0 Å². The van der Waals surface area contributed by atoms with Crippen LogP contribution in [0.4, 0.5) is 0 Å². The van der Waals surface area contributed by atoms with Gasteiger partial charge < -0.3 is 9.47 Å². The zero-order chi connectivity index (χ0) is 8.69. The van der Waals surface area contributed by atoms with Crippen LogP contribution in [0, 0.1) is 6.61 Å². The SMILES string of the molecule is C=C(C)COC(C)O[CH]CC. The van der Waals surface area contributed by atoms with E-state index in [1.54, 1.807) is 6.61 Å². The number of ether oxygens (including phenoxy) is 2. The van der Waals surface area contributed by atoms with E-state index in [1.165, 1.54) is 0 Å². The van der Waals surface area contributed by atoms with Crippen molar-refractivity contribution in [2.75, 3.05) is 6.61 Å². The first-order valence-electron chi connectivity index (χ1n) is 3.90. The van der Waals surface area contributed by atoms with E-state index in [0.29, 0.717) is 6.61 Å². The highest BCUT2D eigenvalue weighted by Gasteiger charge is 1.99. The summed E-state index contributed by atoms with van der Waals surface area (Å²) in [4.78, 5) is 0. The Morgan fingerprint density at radius 1 is 1.64 bits per heavy atom. The first-order chi connectivity index (χ1) is 5.16. The van der Waals surface area contributed by atoms with Gasteiger partial charge in [-0.2, -0.15) is 0 Å². The quantitative estimate of drug-likeness (QED) is 0.435.